The number of thiazole rings is 1. The van der Waals surface area contributed by atoms with E-state index in [-0.39, 0.29) is 5.91 Å². The Morgan fingerprint density at radius 3 is 2.89 bits per heavy atom. The van der Waals surface area contributed by atoms with Crippen LogP contribution in [0.25, 0.3) is 16.9 Å². The second-order valence-corrected chi connectivity index (χ2v) is 7.19. The molecule has 0 atom stereocenters. The van der Waals surface area contributed by atoms with Crippen molar-refractivity contribution in [1.29, 1.82) is 0 Å². The molecule has 4 aromatic rings. The number of amides is 1. The molecule has 142 valence electrons. The Bertz CT molecular complexity index is 1110. The van der Waals surface area contributed by atoms with Crippen molar-refractivity contribution in [2.24, 2.45) is 0 Å². The minimum atomic E-state index is -0.0249. The van der Waals surface area contributed by atoms with E-state index >= 15 is 0 Å². The van der Waals surface area contributed by atoms with Crippen molar-refractivity contribution in [2.45, 2.75) is 0 Å². The van der Waals surface area contributed by atoms with Gasteiger partial charge in [0.15, 0.2) is 16.6 Å². The number of morpholine rings is 1. The molecule has 1 aliphatic heterocycles. The molecule has 5 rings (SSSR count). The Morgan fingerprint density at radius 1 is 1.18 bits per heavy atom. The fourth-order valence-corrected chi connectivity index (χ4v) is 3.85. The van der Waals surface area contributed by atoms with Crippen LogP contribution in [0.2, 0.25) is 0 Å². The number of imidazole rings is 1. The summed E-state index contributed by atoms with van der Waals surface area (Å²) in [6, 6.07) is 0. The molecule has 0 unspecified atom stereocenters. The summed E-state index contributed by atoms with van der Waals surface area (Å²) in [5.74, 6) is 0.542. The quantitative estimate of drug-likeness (QED) is 0.541. The molecular weight excluding hydrogens is 380 g/mol. The van der Waals surface area contributed by atoms with Gasteiger partial charge in [0, 0.05) is 37.2 Å². The molecule has 1 aliphatic rings. The van der Waals surface area contributed by atoms with Crippen LogP contribution >= 0.6 is 11.3 Å². The number of aromatic amines is 1. The third-order valence-electron chi connectivity index (χ3n) is 4.46. The van der Waals surface area contributed by atoms with E-state index < -0.39 is 0 Å². The summed E-state index contributed by atoms with van der Waals surface area (Å²) in [7, 11) is 0. The average Bonchev–Trinajstić information content (AvgIpc) is 3.49. The maximum Gasteiger partial charge on any atom is 0.265 e. The number of aromatic nitrogens is 6. The number of fused-ring (bicyclic) bond motifs is 1. The molecule has 0 aromatic carbocycles. The molecule has 1 fully saturated rings. The van der Waals surface area contributed by atoms with Crippen LogP contribution in [0.1, 0.15) is 9.67 Å². The van der Waals surface area contributed by atoms with Crippen LogP contribution in [0.4, 0.5) is 10.9 Å². The molecule has 0 radical (unpaired) electrons. The Labute approximate surface area is 163 Å². The second kappa shape index (κ2) is 7.02. The maximum atomic E-state index is 12.6. The monoisotopic (exact) mass is 396 g/mol. The summed E-state index contributed by atoms with van der Waals surface area (Å²) in [4.78, 5) is 28.2. The van der Waals surface area contributed by atoms with Gasteiger partial charge in [-0.1, -0.05) is 11.3 Å². The predicted molar refractivity (Wildman–Crippen MR) is 103 cm³/mol. The number of carbonyl (C=O) groups is 1. The van der Waals surface area contributed by atoms with Crippen molar-refractivity contribution >= 4 is 33.8 Å². The number of nitrogens with zero attached hydrogens (tertiary/aromatic N) is 6. The lowest BCUT2D eigenvalue weighted by Crippen LogP contribution is -2.40. The SMILES string of the molecule is O=C(c1cnc(Nc2ncc(-c3cn[nH]c3)n3ccnc23)s1)N1CCOCC1. The van der Waals surface area contributed by atoms with Crippen molar-refractivity contribution in [3.05, 3.63) is 42.1 Å². The smallest absolute Gasteiger partial charge is 0.265 e. The number of hydrogen-bond acceptors (Lipinski definition) is 8. The van der Waals surface area contributed by atoms with Crippen molar-refractivity contribution < 1.29 is 9.53 Å². The molecule has 2 N–H and O–H groups in total. The van der Waals surface area contributed by atoms with Gasteiger partial charge in [0.1, 0.15) is 4.88 Å². The zero-order valence-electron chi connectivity index (χ0n) is 14.7. The first kappa shape index (κ1) is 16.8. The van der Waals surface area contributed by atoms with E-state index in [0.717, 1.165) is 11.3 Å². The Morgan fingerprint density at radius 2 is 2.07 bits per heavy atom. The molecular formula is C17H16N8O2S. The predicted octanol–water partition coefficient (Wildman–Crippen LogP) is 1.79. The third kappa shape index (κ3) is 3.00. The molecule has 0 bridgehead atoms. The highest BCUT2D eigenvalue weighted by molar-refractivity contribution is 7.17. The van der Waals surface area contributed by atoms with Gasteiger partial charge >= 0.3 is 0 Å². The minimum Gasteiger partial charge on any atom is -0.378 e. The molecule has 10 nitrogen and oxygen atoms in total. The van der Waals surface area contributed by atoms with E-state index in [9.17, 15) is 4.79 Å². The number of H-pyrrole nitrogens is 1. The van der Waals surface area contributed by atoms with E-state index in [1.807, 2.05) is 10.6 Å². The first-order chi connectivity index (χ1) is 13.8. The van der Waals surface area contributed by atoms with Crippen molar-refractivity contribution in [2.75, 3.05) is 31.6 Å². The Balaban J connectivity index is 1.40. The van der Waals surface area contributed by atoms with E-state index in [1.54, 1.807) is 35.9 Å². The molecule has 11 heteroatoms. The van der Waals surface area contributed by atoms with Crippen LogP contribution in [0.3, 0.4) is 0 Å². The fraction of sp³-hybridized carbons (Fsp3) is 0.235. The average molecular weight is 396 g/mol. The first-order valence-electron chi connectivity index (χ1n) is 8.71. The normalized spacial score (nSPS) is 14.5. The molecule has 5 heterocycles. The zero-order chi connectivity index (χ0) is 18.9. The summed E-state index contributed by atoms with van der Waals surface area (Å²) >= 11 is 1.30. The number of hydrogen-bond donors (Lipinski definition) is 2. The fourth-order valence-electron chi connectivity index (χ4n) is 3.07. The highest BCUT2D eigenvalue weighted by Gasteiger charge is 2.21. The zero-order valence-corrected chi connectivity index (χ0v) is 15.5. The Hall–Kier alpha value is -3.31. The molecule has 1 amide bonds. The maximum absolute atomic E-state index is 12.6. The topological polar surface area (TPSA) is 113 Å². The van der Waals surface area contributed by atoms with Gasteiger partial charge in [-0.2, -0.15) is 5.10 Å². The van der Waals surface area contributed by atoms with Crippen molar-refractivity contribution in [3.63, 3.8) is 0 Å². The van der Waals surface area contributed by atoms with Crippen LogP contribution in [0, 0.1) is 0 Å². The van der Waals surface area contributed by atoms with Gasteiger partial charge in [0.05, 0.1) is 37.5 Å². The summed E-state index contributed by atoms with van der Waals surface area (Å²) in [5.41, 5.74) is 2.44. The van der Waals surface area contributed by atoms with E-state index in [0.29, 0.717) is 47.8 Å². The summed E-state index contributed by atoms with van der Waals surface area (Å²) in [6.45, 7) is 2.34. The highest BCUT2D eigenvalue weighted by atomic mass is 32.1. The van der Waals surface area contributed by atoms with Crippen LogP contribution in [0.5, 0.6) is 0 Å². The van der Waals surface area contributed by atoms with Crippen molar-refractivity contribution in [3.8, 4) is 11.3 Å². The minimum absolute atomic E-state index is 0.0249. The molecule has 1 saturated heterocycles. The van der Waals surface area contributed by atoms with Gasteiger partial charge in [0.25, 0.3) is 5.91 Å². The van der Waals surface area contributed by atoms with Crippen LogP contribution < -0.4 is 5.32 Å². The number of rotatable bonds is 4. The number of nitrogens with one attached hydrogen (secondary N) is 2. The van der Waals surface area contributed by atoms with Gasteiger partial charge in [-0.3, -0.25) is 14.3 Å². The van der Waals surface area contributed by atoms with Crippen LogP contribution in [0.15, 0.2) is 37.2 Å². The summed E-state index contributed by atoms with van der Waals surface area (Å²) < 4.78 is 7.22. The highest BCUT2D eigenvalue weighted by Crippen LogP contribution is 2.27. The third-order valence-corrected chi connectivity index (χ3v) is 5.36. The van der Waals surface area contributed by atoms with E-state index in [4.69, 9.17) is 4.74 Å². The molecule has 4 aromatic heterocycles. The number of ether oxygens (including phenoxy) is 1. The van der Waals surface area contributed by atoms with Gasteiger partial charge < -0.3 is 15.0 Å². The molecule has 0 saturated carbocycles. The van der Waals surface area contributed by atoms with E-state index in [2.05, 4.69) is 30.5 Å². The lowest BCUT2D eigenvalue weighted by Gasteiger charge is -2.26. The van der Waals surface area contributed by atoms with Crippen LogP contribution in [-0.4, -0.2) is 66.7 Å². The molecule has 28 heavy (non-hydrogen) atoms. The first-order valence-corrected chi connectivity index (χ1v) is 9.52. The lowest BCUT2D eigenvalue weighted by molar-refractivity contribution is 0.0306. The largest absolute Gasteiger partial charge is 0.378 e. The second-order valence-electron chi connectivity index (χ2n) is 6.16. The number of carbonyl (C=O) groups excluding carboxylic acids is 1. The summed E-state index contributed by atoms with van der Waals surface area (Å²) in [5, 5.41) is 10.5. The van der Waals surface area contributed by atoms with Gasteiger partial charge in [-0.15, -0.1) is 0 Å². The molecule has 0 spiro atoms. The Kier molecular flexibility index (Phi) is 4.22. The standard InChI is InChI=1S/C17H16N8O2S/c26-16(24-3-5-27-6-4-24)13-10-20-17(28-13)23-14-15-18-1-2-25(15)12(9-19-14)11-7-21-22-8-11/h1-2,7-10H,3-6H2,(H,21,22)(H,19,20,23). The van der Waals surface area contributed by atoms with Gasteiger partial charge in [-0.25, -0.2) is 15.0 Å². The number of anilines is 2. The molecule has 0 aliphatic carbocycles. The van der Waals surface area contributed by atoms with Crippen LogP contribution in [-0.2, 0) is 4.74 Å². The van der Waals surface area contributed by atoms with Crippen molar-refractivity contribution in [1.82, 2.24) is 34.4 Å². The van der Waals surface area contributed by atoms with E-state index in [1.165, 1.54) is 11.3 Å². The van der Waals surface area contributed by atoms with Gasteiger partial charge in [0.2, 0.25) is 0 Å². The van der Waals surface area contributed by atoms with Gasteiger partial charge in [-0.05, 0) is 0 Å². The lowest BCUT2D eigenvalue weighted by atomic mass is 10.2. The summed E-state index contributed by atoms with van der Waals surface area (Å²) in [6.07, 6.45) is 10.4.